The van der Waals surface area contributed by atoms with E-state index in [9.17, 15) is 18.0 Å². The maximum Gasteiger partial charge on any atom is 0.416 e. The first-order valence-corrected chi connectivity index (χ1v) is 8.80. The second kappa shape index (κ2) is 6.25. The number of anilines is 1. The van der Waals surface area contributed by atoms with Crippen LogP contribution in [0.4, 0.5) is 18.3 Å². The molecule has 0 saturated carbocycles. The van der Waals surface area contributed by atoms with Gasteiger partial charge in [0.2, 0.25) is 0 Å². The molecule has 1 aromatic heterocycles. The van der Waals surface area contributed by atoms with Gasteiger partial charge < -0.3 is 0 Å². The molecule has 0 radical (unpaired) electrons. The van der Waals surface area contributed by atoms with Crippen LogP contribution < -0.4 is 5.32 Å². The topological polar surface area (TPSA) is 42.0 Å². The van der Waals surface area contributed by atoms with Gasteiger partial charge in [0.1, 0.15) is 0 Å². The first-order chi connectivity index (χ1) is 12.4. The highest BCUT2D eigenvalue weighted by Gasteiger charge is 2.31. The van der Waals surface area contributed by atoms with E-state index in [1.54, 1.807) is 0 Å². The summed E-state index contributed by atoms with van der Waals surface area (Å²) >= 11 is 1.37. The quantitative estimate of drug-likeness (QED) is 0.672. The number of aryl methyl sites for hydroxylation is 2. The Kier molecular flexibility index (Phi) is 4.03. The molecular weight excluding hydrogens is 361 g/mol. The van der Waals surface area contributed by atoms with Crippen molar-refractivity contribution in [2.75, 3.05) is 5.32 Å². The van der Waals surface area contributed by atoms with E-state index in [1.165, 1.54) is 29.0 Å². The molecule has 7 heteroatoms. The number of benzene rings is 2. The second-order valence-corrected chi connectivity index (χ2v) is 7.06. The summed E-state index contributed by atoms with van der Waals surface area (Å²) in [6, 6.07) is 12.3. The molecule has 4 rings (SSSR count). The van der Waals surface area contributed by atoms with E-state index in [1.807, 2.05) is 18.2 Å². The summed E-state index contributed by atoms with van der Waals surface area (Å²) in [6.07, 6.45) is -2.74. The molecule has 0 aliphatic heterocycles. The van der Waals surface area contributed by atoms with Gasteiger partial charge in [-0.3, -0.25) is 10.1 Å². The van der Waals surface area contributed by atoms with Crippen molar-refractivity contribution in [3.05, 3.63) is 70.1 Å². The minimum atomic E-state index is -4.49. The Morgan fingerprint density at radius 3 is 2.69 bits per heavy atom. The van der Waals surface area contributed by atoms with Crippen LogP contribution in [-0.4, -0.2) is 10.9 Å². The van der Waals surface area contributed by atoms with Crippen molar-refractivity contribution in [3.8, 4) is 11.3 Å². The molecule has 2 aromatic carbocycles. The number of amides is 1. The molecule has 0 bridgehead atoms. The average molecular weight is 374 g/mol. The molecule has 3 nitrogen and oxygen atoms in total. The lowest BCUT2D eigenvalue weighted by molar-refractivity contribution is -0.137. The summed E-state index contributed by atoms with van der Waals surface area (Å²) in [5.74, 6) is -0.601. The number of halogens is 3. The lowest BCUT2D eigenvalue weighted by atomic mass is 9.94. The Morgan fingerprint density at radius 1 is 1.08 bits per heavy atom. The Balaban J connectivity index is 1.60. The number of aromatic nitrogens is 1. The fourth-order valence-corrected chi connectivity index (χ4v) is 3.98. The molecule has 26 heavy (non-hydrogen) atoms. The van der Waals surface area contributed by atoms with Crippen molar-refractivity contribution >= 4 is 22.4 Å². The minimum absolute atomic E-state index is 0.0478. The molecule has 1 amide bonds. The van der Waals surface area contributed by atoms with Crippen molar-refractivity contribution in [2.24, 2.45) is 0 Å². The van der Waals surface area contributed by atoms with Gasteiger partial charge in [-0.05, 0) is 36.6 Å². The summed E-state index contributed by atoms with van der Waals surface area (Å²) in [6.45, 7) is 0. The highest BCUT2D eigenvalue weighted by Crippen LogP contribution is 2.38. The molecule has 3 aromatic rings. The molecule has 1 heterocycles. The van der Waals surface area contributed by atoms with Crippen LogP contribution in [0.15, 0.2) is 48.5 Å². The van der Waals surface area contributed by atoms with Crippen LogP contribution in [0.5, 0.6) is 0 Å². The zero-order valence-corrected chi connectivity index (χ0v) is 14.2. The number of hydrogen-bond acceptors (Lipinski definition) is 3. The number of alkyl halides is 3. The third kappa shape index (κ3) is 3.10. The Labute approximate surface area is 151 Å². The Morgan fingerprint density at radius 2 is 1.88 bits per heavy atom. The zero-order valence-electron chi connectivity index (χ0n) is 13.4. The molecule has 0 unspecified atom stereocenters. The smallest absolute Gasteiger partial charge is 0.298 e. The van der Waals surface area contributed by atoms with Gasteiger partial charge in [-0.2, -0.15) is 13.2 Å². The van der Waals surface area contributed by atoms with Gasteiger partial charge in [-0.1, -0.05) is 30.3 Å². The fourth-order valence-electron chi connectivity index (χ4n) is 3.01. The SMILES string of the molecule is O=C(Nc1nc2c(s1)CCc1ccccc1-2)c1cccc(C(F)(F)F)c1. The molecule has 0 spiro atoms. The molecule has 1 aliphatic carbocycles. The summed E-state index contributed by atoms with van der Waals surface area (Å²) in [5, 5.41) is 3.02. The highest BCUT2D eigenvalue weighted by atomic mass is 32.1. The van der Waals surface area contributed by atoms with E-state index in [-0.39, 0.29) is 5.56 Å². The highest BCUT2D eigenvalue weighted by molar-refractivity contribution is 7.16. The van der Waals surface area contributed by atoms with Crippen molar-refractivity contribution in [1.82, 2.24) is 4.98 Å². The average Bonchev–Trinajstić information content (AvgIpc) is 3.04. The Hall–Kier alpha value is -2.67. The molecule has 132 valence electrons. The summed E-state index contributed by atoms with van der Waals surface area (Å²) in [4.78, 5) is 17.9. The van der Waals surface area contributed by atoms with Crippen LogP contribution >= 0.6 is 11.3 Å². The predicted octanol–water partition coefficient (Wildman–Crippen LogP) is 5.18. The van der Waals surface area contributed by atoms with Crippen LogP contribution in [0.3, 0.4) is 0 Å². The largest absolute Gasteiger partial charge is 0.416 e. The number of nitrogens with one attached hydrogen (secondary N) is 1. The van der Waals surface area contributed by atoms with E-state index in [0.717, 1.165) is 41.1 Å². The van der Waals surface area contributed by atoms with Gasteiger partial charge in [-0.15, -0.1) is 11.3 Å². The lowest BCUT2D eigenvalue weighted by Gasteiger charge is -2.13. The van der Waals surface area contributed by atoms with Gasteiger partial charge in [0.15, 0.2) is 5.13 Å². The van der Waals surface area contributed by atoms with Crippen LogP contribution in [-0.2, 0) is 19.0 Å². The van der Waals surface area contributed by atoms with Crippen LogP contribution in [0, 0.1) is 0 Å². The van der Waals surface area contributed by atoms with E-state index in [4.69, 9.17) is 0 Å². The number of carbonyl (C=O) groups is 1. The number of rotatable bonds is 2. The first kappa shape index (κ1) is 16.8. The third-order valence-corrected chi connectivity index (χ3v) is 5.29. The van der Waals surface area contributed by atoms with Gasteiger partial charge in [-0.25, -0.2) is 4.98 Å². The van der Waals surface area contributed by atoms with Crippen molar-refractivity contribution < 1.29 is 18.0 Å². The second-order valence-electron chi connectivity index (χ2n) is 5.98. The maximum absolute atomic E-state index is 12.8. The van der Waals surface area contributed by atoms with Crippen LogP contribution in [0.2, 0.25) is 0 Å². The first-order valence-electron chi connectivity index (χ1n) is 7.98. The number of fused-ring (bicyclic) bond motifs is 3. The minimum Gasteiger partial charge on any atom is -0.298 e. The van der Waals surface area contributed by atoms with E-state index < -0.39 is 17.6 Å². The van der Waals surface area contributed by atoms with E-state index in [0.29, 0.717) is 5.13 Å². The number of nitrogens with zero attached hydrogens (tertiary/aromatic N) is 1. The van der Waals surface area contributed by atoms with E-state index >= 15 is 0 Å². The van der Waals surface area contributed by atoms with Crippen molar-refractivity contribution in [3.63, 3.8) is 0 Å². The normalized spacial score (nSPS) is 13.0. The molecule has 0 saturated heterocycles. The molecule has 0 fully saturated rings. The van der Waals surface area contributed by atoms with Crippen molar-refractivity contribution in [2.45, 2.75) is 19.0 Å². The van der Waals surface area contributed by atoms with Crippen molar-refractivity contribution in [1.29, 1.82) is 0 Å². The van der Waals surface area contributed by atoms with E-state index in [2.05, 4.69) is 16.4 Å². The fraction of sp³-hybridized carbons (Fsp3) is 0.158. The zero-order chi connectivity index (χ0) is 18.3. The van der Waals surface area contributed by atoms with Gasteiger partial charge in [0.05, 0.1) is 11.3 Å². The standard InChI is InChI=1S/C19H13F3N2OS/c20-19(21,22)13-6-3-5-12(10-13)17(25)24-18-23-16-14-7-2-1-4-11(14)8-9-15(16)26-18/h1-7,10H,8-9H2,(H,23,24,25). The monoisotopic (exact) mass is 374 g/mol. The summed E-state index contributed by atoms with van der Waals surface area (Å²) in [7, 11) is 0. The molecular formula is C19H13F3N2OS. The number of carbonyl (C=O) groups excluding carboxylic acids is 1. The molecule has 1 aliphatic rings. The maximum atomic E-state index is 12.8. The Bertz CT molecular complexity index is 994. The lowest BCUT2D eigenvalue weighted by Crippen LogP contribution is -2.13. The van der Waals surface area contributed by atoms with Gasteiger partial charge in [0.25, 0.3) is 5.91 Å². The van der Waals surface area contributed by atoms with Gasteiger partial charge in [0, 0.05) is 16.0 Å². The molecule has 1 N–H and O–H groups in total. The van der Waals surface area contributed by atoms with Crippen LogP contribution in [0.1, 0.15) is 26.4 Å². The predicted molar refractivity (Wildman–Crippen MR) is 94.4 cm³/mol. The summed E-state index contributed by atoms with van der Waals surface area (Å²) < 4.78 is 38.4. The van der Waals surface area contributed by atoms with Crippen LogP contribution in [0.25, 0.3) is 11.3 Å². The number of thiazole rings is 1. The van der Waals surface area contributed by atoms with Gasteiger partial charge >= 0.3 is 6.18 Å². The molecule has 0 atom stereocenters. The number of hydrogen-bond donors (Lipinski definition) is 1. The summed E-state index contributed by atoms with van der Waals surface area (Å²) in [5.41, 5.74) is 2.20. The third-order valence-electron chi connectivity index (χ3n) is 4.26.